The average Bonchev–Trinajstić information content (AvgIpc) is 1.85. The van der Waals surface area contributed by atoms with Crippen molar-refractivity contribution in [2.45, 2.75) is 26.7 Å². The number of hydrogen-bond donors (Lipinski definition) is 0. The molecule has 1 heteroatoms. The summed E-state index contributed by atoms with van der Waals surface area (Å²) in [6.45, 7) is 8.18. The molecule has 0 amide bonds. The molecule has 1 rings (SSSR count). The quantitative estimate of drug-likeness (QED) is 0.526. The van der Waals surface area contributed by atoms with Crippen LogP contribution in [0.5, 0.6) is 0 Å². The van der Waals surface area contributed by atoms with Gasteiger partial charge in [0.2, 0.25) is 0 Å². The maximum Gasteiger partial charge on any atom is 0.0146 e. The molecule has 11 heavy (non-hydrogen) atoms. The van der Waals surface area contributed by atoms with Crippen LogP contribution < -0.4 is 0 Å². The SMILES string of the molecule is C=C(Cl)C1CCC(C)=C[C@@H]1C. The van der Waals surface area contributed by atoms with Gasteiger partial charge in [-0.2, -0.15) is 0 Å². The van der Waals surface area contributed by atoms with E-state index >= 15 is 0 Å². The van der Waals surface area contributed by atoms with Crippen LogP contribution in [0.4, 0.5) is 0 Å². The molecule has 0 N–H and O–H groups in total. The molecule has 2 atom stereocenters. The molecule has 0 saturated heterocycles. The van der Waals surface area contributed by atoms with E-state index in [4.69, 9.17) is 11.6 Å². The Balaban J connectivity index is 2.68. The van der Waals surface area contributed by atoms with E-state index in [1.54, 1.807) is 0 Å². The number of rotatable bonds is 1. The minimum absolute atomic E-state index is 0.500. The van der Waals surface area contributed by atoms with Crippen LogP contribution in [0.1, 0.15) is 26.7 Å². The number of hydrogen-bond acceptors (Lipinski definition) is 0. The molecule has 0 aromatic rings. The first kappa shape index (κ1) is 8.86. The monoisotopic (exact) mass is 170 g/mol. The van der Waals surface area contributed by atoms with Gasteiger partial charge < -0.3 is 0 Å². The Morgan fingerprint density at radius 1 is 1.73 bits per heavy atom. The minimum Gasteiger partial charge on any atom is -0.0895 e. The maximum atomic E-state index is 5.88. The summed E-state index contributed by atoms with van der Waals surface area (Å²) >= 11 is 5.88. The predicted molar refractivity (Wildman–Crippen MR) is 50.6 cm³/mol. The molecule has 0 aliphatic heterocycles. The fourth-order valence-electron chi connectivity index (χ4n) is 1.74. The Morgan fingerprint density at radius 3 is 2.82 bits per heavy atom. The zero-order chi connectivity index (χ0) is 8.43. The summed E-state index contributed by atoms with van der Waals surface area (Å²) in [7, 11) is 0. The molecule has 0 bridgehead atoms. The van der Waals surface area contributed by atoms with Gasteiger partial charge in [0.1, 0.15) is 0 Å². The van der Waals surface area contributed by atoms with E-state index in [0.29, 0.717) is 11.8 Å². The molecular formula is C10H15Cl. The largest absolute Gasteiger partial charge is 0.0895 e. The summed E-state index contributed by atoms with van der Waals surface area (Å²) < 4.78 is 0. The molecule has 1 unspecified atom stereocenters. The van der Waals surface area contributed by atoms with Crippen LogP contribution in [0.15, 0.2) is 23.3 Å². The zero-order valence-corrected chi connectivity index (χ0v) is 7.99. The van der Waals surface area contributed by atoms with Gasteiger partial charge in [-0.25, -0.2) is 0 Å². The summed E-state index contributed by atoms with van der Waals surface area (Å²) in [5.74, 6) is 1.08. The smallest absolute Gasteiger partial charge is 0.0146 e. The maximum absolute atomic E-state index is 5.88. The standard InChI is InChI=1S/C10H15Cl/c1-7-4-5-10(9(3)11)8(2)6-7/h6,8,10H,3-5H2,1-2H3/t8-,10?/m0/s1. The Hall–Kier alpha value is -0.230. The molecule has 1 aliphatic rings. The highest BCUT2D eigenvalue weighted by molar-refractivity contribution is 6.29. The third-order valence-electron chi connectivity index (χ3n) is 2.43. The van der Waals surface area contributed by atoms with Gasteiger partial charge in [0, 0.05) is 11.0 Å². The van der Waals surface area contributed by atoms with Gasteiger partial charge in [0.15, 0.2) is 0 Å². The summed E-state index contributed by atoms with van der Waals surface area (Å²) in [5.41, 5.74) is 1.49. The molecular weight excluding hydrogens is 156 g/mol. The van der Waals surface area contributed by atoms with E-state index in [1.165, 1.54) is 18.4 Å². The van der Waals surface area contributed by atoms with E-state index in [-0.39, 0.29) is 0 Å². The lowest BCUT2D eigenvalue weighted by atomic mass is 9.82. The van der Waals surface area contributed by atoms with Crippen molar-refractivity contribution in [3.63, 3.8) is 0 Å². The normalized spacial score (nSPS) is 31.4. The van der Waals surface area contributed by atoms with Crippen LogP contribution in [0, 0.1) is 11.8 Å². The third kappa shape index (κ3) is 2.10. The van der Waals surface area contributed by atoms with Crippen molar-refractivity contribution in [1.82, 2.24) is 0 Å². The highest BCUT2D eigenvalue weighted by Crippen LogP contribution is 2.34. The number of halogens is 1. The van der Waals surface area contributed by atoms with Crippen LogP contribution in [0.25, 0.3) is 0 Å². The van der Waals surface area contributed by atoms with Gasteiger partial charge in [-0.15, -0.1) is 0 Å². The summed E-state index contributed by atoms with van der Waals surface area (Å²) in [4.78, 5) is 0. The topological polar surface area (TPSA) is 0 Å². The molecule has 0 spiro atoms. The second-order valence-corrected chi connectivity index (χ2v) is 3.95. The summed E-state index contributed by atoms with van der Waals surface area (Å²) in [5, 5.41) is 0.821. The number of allylic oxidation sites excluding steroid dienone is 3. The Morgan fingerprint density at radius 2 is 2.36 bits per heavy atom. The fourth-order valence-corrected chi connectivity index (χ4v) is 2.04. The van der Waals surface area contributed by atoms with Gasteiger partial charge in [0.25, 0.3) is 0 Å². The Labute approximate surface area is 73.9 Å². The second kappa shape index (κ2) is 3.44. The summed E-state index contributed by atoms with van der Waals surface area (Å²) in [6, 6.07) is 0. The molecule has 0 aromatic carbocycles. The first-order valence-electron chi connectivity index (χ1n) is 4.13. The van der Waals surface area contributed by atoms with E-state index in [9.17, 15) is 0 Å². The van der Waals surface area contributed by atoms with Crippen LogP contribution in [0.3, 0.4) is 0 Å². The molecule has 0 nitrogen and oxygen atoms in total. The van der Waals surface area contributed by atoms with Gasteiger partial charge in [-0.1, -0.05) is 36.8 Å². The summed E-state index contributed by atoms with van der Waals surface area (Å²) in [6.07, 6.45) is 4.66. The average molecular weight is 171 g/mol. The Bertz CT molecular complexity index is 191. The molecule has 0 fully saturated rings. The predicted octanol–water partition coefficient (Wildman–Crippen LogP) is 3.73. The van der Waals surface area contributed by atoms with Crippen molar-refractivity contribution in [1.29, 1.82) is 0 Å². The molecule has 0 radical (unpaired) electrons. The van der Waals surface area contributed by atoms with Crippen molar-refractivity contribution in [2.24, 2.45) is 11.8 Å². The van der Waals surface area contributed by atoms with E-state index in [1.807, 2.05) is 0 Å². The van der Waals surface area contributed by atoms with Crippen LogP contribution >= 0.6 is 11.6 Å². The Kier molecular flexibility index (Phi) is 2.78. The van der Waals surface area contributed by atoms with E-state index in [0.717, 1.165) is 5.03 Å². The molecule has 0 aromatic heterocycles. The minimum atomic E-state index is 0.500. The van der Waals surface area contributed by atoms with Crippen LogP contribution in [-0.4, -0.2) is 0 Å². The lowest BCUT2D eigenvalue weighted by molar-refractivity contribution is 0.442. The first-order valence-corrected chi connectivity index (χ1v) is 4.50. The molecule has 0 saturated carbocycles. The van der Waals surface area contributed by atoms with Crippen LogP contribution in [-0.2, 0) is 0 Å². The lowest BCUT2D eigenvalue weighted by Crippen LogP contribution is -2.14. The second-order valence-electron chi connectivity index (χ2n) is 3.46. The van der Waals surface area contributed by atoms with Crippen molar-refractivity contribution < 1.29 is 0 Å². The fraction of sp³-hybridized carbons (Fsp3) is 0.600. The van der Waals surface area contributed by atoms with E-state index < -0.39 is 0 Å². The molecule has 1 aliphatic carbocycles. The molecule has 0 heterocycles. The van der Waals surface area contributed by atoms with Gasteiger partial charge in [-0.05, 0) is 25.7 Å². The lowest BCUT2D eigenvalue weighted by Gasteiger charge is -2.25. The highest BCUT2D eigenvalue weighted by Gasteiger charge is 2.20. The van der Waals surface area contributed by atoms with Crippen molar-refractivity contribution >= 4 is 11.6 Å². The van der Waals surface area contributed by atoms with Crippen LogP contribution in [0.2, 0.25) is 0 Å². The molecule has 62 valence electrons. The van der Waals surface area contributed by atoms with Gasteiger partial charge in [0.05, 0.1) is 0 Å². The van der Waals surface area contributed by atoms with Gasteiger partial charge >= 0.3 is 0 Å². The van der Waals surface area contributed by atoms with E-state index in [2.05, 4.69) is 26.5 Å². The third-order valence-corrected chi connectivity index (χ3v) is 2.71. The van der Waals surface area contributed by atoms with Crippen molar-refractivity contribution in [3.05, 3.63) is 23.3 Å². The van der Waals surface area contributed by atoms with Crippen molar-refractivity contribution in [2.75, 3.05) is 0 Å². The zero-order valence-electron chi connectivity index (χ0n) is 7.23. The van der Waals surface area contributed by atoms with Gasteiger partial charge in [-0.3, -0.25) is 0 Å². The first-order chi connectivity index (χ1) is 5.11. The highest BCUT2D eigenvalue weighted by atomic mass is 35.5. The van der Waals surface area contributed by atoms with Crippen molar-refractivity contribution in [3.8, 4) is 0 Å².